The molecule has 1 saturated heterocycles. The Labute approximate surface area is 214 Å². The van der Waals surface area contributed by atoms with Crippen LogP contribution in [-0.2, 0) is 6.54 Å². The summed E-state index contributed by atoms with van der Waals surface area (Å²) in [5, 5.41) is 9.20. The van der Waals surface area contributed by atoms with Crippen molar-refractivity contribution in [2.24, 2.45) is 10.9 Å². The lowest BCUT2D eigenvalue weighted by Gasteiger charge is -2.39. The summed E-state index contributed by atoms with van der Waals surface area (Å²) >= 11 is 1.86. The number of likely N-dealkylation sites (N-methyl/N-ethyl adjacent to an activating group) is 1. The van der Waals surface area contributed by atoms with Gasteiger partial charge in [0.15, 0.2) is 5.96 Å². The number of nitrogens with zero attached hydrogens (tertiary/aromatic N) is 3. The number of aliphatic imine (C=N–C) groups is 1. The first-order chi connectivity index (χ1) is 15.1. The van der Waals surface area contributed by atoms with Crippen molar-refractivity contribution >= 4 is 41.3 Å². The fourth-order valence-corrected chi connectivity index (χ4v) is 5.09. The van der Waals surface area contributed by atoms with E-state index in [-0.39, 0.29) is 24.0 Å². The van der Waals surface area contributed by atoms with E-state index in [4.69, 9.17) is 4.74 Å². The zero-order valence-corrected chi connectivity index (χ0v) is 22.9. The lowest BCUT2D eigenvalue weighted by Crippen LogP contribution is -2.44. The molecule has 0 bridgehead atoms. The number of nitrogens with one attached hydrogen (secondary N) is 2. The minimum atomic E-state index is 0. The predicted octanol–water partition coefficient (Wildman–Crippen LogP) is 4.05. The van der Waals surface area contributed by atoms with Crippen LogP contribution in [-0.4, -0.2) is 70.2 Å². The van der Waals surface area contributed by atoms with Gasteiger partial charge in [0.2, 0.25) is 0 Å². The van der Waals surface area contributed by atoms with Crippen LogP contribution in [0.2, 0.25) is 0 Å². The van der Waals surface area contributed by atoms with Crippen molar-refractivity contribution in [2.45, 2.75) is 25.4 Å². The molecule has 2 atom stereocenters. The highest BCUT2D eigenvalue weighted by Gasteiger charge is 2.31. The van der Waals surface area contributed by atoms with Crippen LogP contribution >= 0.6 is 35.3 Å². The van der Waals surface area contributed by atoms with Crippen LogP contribution in [0, 0.1) is 5.92 Å². The van der Waals surface area contributed by atoms with Crippen molar-refractivity contribution in [1.82, 2.24) is 20.4 Å². The number of thiophene rings is 1. The van der Waals surface area contributed by atoms with Gasteiger partial charge in [-0.1, -0.05) is 18.2 Å². The smallest absolute Gasteiger partial charge is 0.191 e. The molecule has 2 N–H and O–H groups in total. The standard InChI is InChI=1S/C24H37N5OS.HI/c1-25-24(26-17-19-8-5-10-21(16-19)30-14-13-28(2)3)27-18-20-9-6-12-29(4)23(20)22-11-7-15-31-22;/h5,7-8,10-11,15-16,20,23H,6,9,12-14,17-18H2,1-4H3,(H2,25,26,27);1H. The summed E-state index contributed by atoms with van der Waals surface area (Å²) in [5.74, 6) is 2.33. The molecule has 0 spiro atoms. The van der Waals surface area contributed by atoms with Crippen LogP contribution in [0.5, 0.6) is 5.75 Å². The summed E-state index contributed by atoms with van der Waals surface area (Å²) in [5.41, 5.74) is 1.18. The van der Waals surface area contributed by atoms with Gasteiger partial charge in [-0.3, -0.25) is 9.89 Å². The minimum absolute atomic E-state index is 0. The van der Waals surface area contributed by atoms with Crippen molar-refractivity contribution < 1.29 is 4.74 Å². The van der Waals surface area contributed by atoms with Crippen molar-refractivity contribution in [3.8, 4) is 5.75 Å². The number of rotatable bonds is 9. The zero-order valence-electron chi connectivity index (χ0n) is 19.7. The van der Waals surface area contributed by atoms with E-state index >= 15 is 0 Å². The number of hydrogen-bond donors (Lipinski definition) is 2. The Morgan fingerprint density at radius 3 is 2.81 bits per heavy atom. The van der Waals surface area contributed by atoms with E-state index in [1.807, 2.05) is 30.5 Å². The van der Waals surface area contributed by atoms with Gasteiger partial charge in [-0.2, -0.15) is 0 Å². The molecule has 1 aliphatic heterocycles. The SMILES string of the molecule is CN=C(NCc1cccc(OCCN(C)C)c1)NCC1CCCN(C)C1c1cccs1.I. The van der Waals surface area contributed by atoms with Crippen LogP contribution in [0.15, 0.2) is 46.8 Å². The molecular formula is C24H38IN5OS. The normalized spacial score (nSPS) is 19.5. The van der Waals surface area contributed by atoms with E-state index < -0.39 is 0 Å². The van der Waals surface area contributed by atoms with Gasteiger partial charge in [0.1, 0.15) is 12.4 Å². The summed E-state index contributed by atoms with van der Waals surface area (Å²) in [6.07, 6.45) is 2.49. The van der Waals surface area contributed by atoms with Crippen LogP contribution in [0.3, 0.4) is 0 Å². The maximum atomic E-state index is 5.86. The molecule has 2 heterocycles. The van der Waals surface area contributed by atoms with E-state index in [1.165, 1.54) is 29.8 Å². The number of ether oxygens (including phenoxy) is 1. The number of halogens is 1. The molecule has 1 aliphatic rings. The van der Waals surface area contributed by atoms with Crippen molar-refractivity contribution in [3.05, 3.63) is 52.2 Å². The zero-order chi connectivity index (χ0) is 22.1. The molecule has 1 aromatic carbocycles. The lowest BCUT2D eigenvalue weighted by atomic mass is 9.88. The second-order valence-corrected chi connectivity index (χ2v) is 9.43. The number of piperidine rings is 1. The summed E-state index contributed by atoms with van der Waals surface area (Å²) in [7, 11) is 8.18. The van der Waals surface area contributed by atoms with Gasteiger partial charge >= 0.3 is 0 Å². The molecule has 6 nitrogen and oxygen atoms in total. The maximum absolute atomic E-state index is 5.86. The first-order valence-corrected chi connectivity index (χ1v) is 12.0. The molecular weight excluding hydrogens is 533 g/mol. The Morgan fingerprint density at radius 2 is 2.09 bits per heavy atom. The van der Waals surface area contributed by atoms with E-state index in [1.54, 1.807) is 0 Å². The number of hydrogen-bond acceptors (Lipinski definition) is 5. The third-order valence-corrected chi connectivity index (χ3v) is 6.71. The predicted molar refractivity (Wildman–Crippen MR) is 147 cm³/mol. The quantitative estimate of drug-likeness (QED) is 0.270. The van der Waals surface area contributed by atoms with Crippen LogP contribution < -0.4 is 15.4 Å². The fraction of sp³-hybridized carbons (Fsp3) is 0.542. The molecule has 3 rings (SSSR count). The first kappa shape index (κ1) is 26.9. The second kappa shape index (κ2) is 14.0. The van der Waals surface area contributed by atoms with Crippen LogP contribution in [0.1, 0.15) is 29.3 Å². The van der Waals surface area contributed by atoms with Gasteiger partial charge in [-0.05, 0) is 75.6 Å². The molecule has 1 aromatic heterocycles. The third kappa shape index (κ3) is 8.20. The number of likely N-dealkylation sites (tertiary alicyclic amines) is 1. The second-order valence-electron chi connectivity index (χ2n) is 8.45. The molecule has 0 saturated carbocycles. The first-order valence-electron chi connectivity index (χ1n) is 11.1. The minimum Gasteiger partial charge on any atom is -0.492 e. The molecule has 0 aliphatic carbocycles. The summed E-state index contributed by atoms with van der Waals surface area (Å²) < 4.78 is 5.86. The Kier molecular flexibility index (Phi) is 11.8. The van der Waals surface area contributed by atoms with Crippen molar-refractivity contribution in [3.63, 3.8) is 0 Å². The molecule has 32 heavy (non-hydrogen) atoms. The van der Waals surface area contributed by atoms with Crippen LogP contribution in [0.25, 0.3) is 0 Å². The highest BCUT2D eigenvalue weighted by atomic mass is 127. The Morgan fingerprint density at radius 1 is 1.25 bits per heavy atom. The third-order valence-electron chi connectivity index (χ3n) is 5.76. The number of benzene rings is 1. The summed E-state index contributed by atoms with van der Waals surface area (Å²) in [6, 6.07) is 13.2. The highest BCUT2D eigenvalue weighted by Crippen LogP contribution is 2.36. The number of guanidine groups is 1. The average molecular weight is 572 g/mol. The fourth-order valence-electron chi connectivity index (χ4n) is 4.11. The lowest BCUT2D eigenvalue weighted by molar-refractivity contribution is 0.125. The molecule has 1 fully saturated rings. The Balaban J connectivity index is 0.00000363. The molecule has 8 heteroatoms. The van der Waals surface area contributed by atoms with Gasteiger partial charge in [0, 0.05) is 37.6 Å². The molecule has 0 amide bonds. The average Bonchev–Trinajstić information content (AvgIpc) is 3.28. The van der Waals surface area contributed by atoms with E-state index in [0.717, 1.165) is 24.8 Å². The van der Waals surface area contributed by atoms with Gasteiger partial charge in [-0.15, -0.1) is 35.3 Å². The van der Waals surface area contributed by atoms with Crippen molar-refractivity contribution in [2.75, 3.05) is 54.4 Å². The van der Waals surface area contributed by atoms with E-state index in [2.05, 4.69) is 76.2 Å². The summed E-state index contributed by atoms with van der Waals surface area (Å²) in [6.45, 7) is 4.39. The Hall–Kier alpha value is -1.36. The monoisotopic (exact) mass is 571 g/mol. The molecule has 178 valence electrons. The van der Waals surface area contributed by atoms with Gasteiger partial charge in [0.05, 0.1) is 0 Å². The Bertz CT molecular complexity index is 814. The van der Waals surface area contributed by atoms with Crippen LogP contribution in [0.4, 0.5) is 0 Å². The molecule has 0 radical (unpaired) electrons. The molecule has 2 unspecified atom stereocenters. The largest absolute Gasteiger partial charge is 0.492 e. The summed E-state index contributed by atoms with van der Waals surface area (Å²) in [4.78, 5) is 10.5. The van der Waals surface area contributed by atoms with E-state index in [9.17, 15) is 0 Å². The molecule has 2 aromatic rings. The maximum Gasteiger partial charge on any atom is 0.191 e. The topological polar surface area (TPSA) is 52.1 Å². The highest BCUT2D eigenvalue weighted by molar-refractivity contribution is 14.0. The van der Waals surface area contributed by atoms with Gasteiger partial charge in [-0.25, -0.2) is 0 Å². The van der Waals surface area contributed by atoms with E-state index in [0.29, 0.717) is 25.1 Å². The van der Waals surface area contributed by atoms with Gasteiger partial charge < -0.3 is 20.3 Å². The van der Waals surface area contributed by atoms with Gasteiger partial charge in [0.25, 0.3) is 0 Å². The van der Waals surface area contributed by atoms with Crippen molar-refractivity contribution in [1.29, 1.82) is 0 Å².